The van der Waals surface area contributed by atoms with Crippen LogP contribution in [0.2, 0.25) is 0 Å². The number of nitrogens with zero attached hydrogens (tertiary/aromatic N) is 3. The first kappa shape index (κ1) is 11.6. The Labute approximate surface area is 109 Å². The van der Waals surface area contributed by atoms with E-state index in [2.05, 4.69) is 9.97 Å². The molecule has 0 saturated heterocycles. The van der Waals surface area contributed by atoms with Crippen LogP contribution in [0.3, 0.4) is 0 Å². The number of nitrogen functional groups attached to an aromatic ring is 1. The first-order chi connectivity index (χ1) is 9.06. The monoisotopic (exact) mass is 256 g/mol. The van der Waals surface area contributed by atoms with Gasteiger partial charge in [-0.05, 0) is 43.7 Å². The average molecular weight is 256 g/mol. The Bertz CT molecular complexity index is 776. The quantitative estimate of drug-likeness (QED) is 0.728. The first-order valence-electron chi connectivity index (χ1n) is 5.94. The average Bonchev–Trinajstić information content (AvgIpc) is 2.68. The maximum Gasteiger partial charge on any atom is 0.207 e. The van der Waals surface area contributed by atoms with Crippen molar-refractivity contribution in [1.29, 1.82) is 0 Å². The summed E-state index contributed by atoms with van der Waals surface area (Å²) in [7, 11) is 0. The number of fused-ring (bicyclic) bond motifs is 1. The van der Waals surface area contributed by atoms with Gasteiger partial charge in [0.2, 0.25) is 5.95 Å². The molecule has 0 spiro atoms. The number of hydrogen-bond donors (Lipinski definition) is 1. The lowest BCUT2D eigenvalue weighted by Gasteiger charge is -2.09. The van der Waals surface area contributed by atoms with Crippen molar-refractivity contribution in [2.45, 2.75) is 13.8 Å². The third-order valence-electron chi connectivity index (χ3n) is 3.08. The number of rotatable bonds is 1. The van der Waals surface area contributed by atoms with E-state index in [1.165, 1.54) is 12.1 Å². The van der Waals surface area contributed by atoms with E-state index in [0.29, 0.717) is 22.8 Å². The van der Waals surface area contributed by atoms with E-state index >= 15 is 0 Å². The number of aryl methyl sites for hydroxylation is 2. The zero-order valence-corrected chi connectivity index (χ0v) is 10.7. The van der Waals surface area contributed by atoms with Crippen molar-refractivity contribution < 1.29 is 4.39 Å². The third-order valence-corrected chi connectivity index (χ3v) is 3.08. The van der Waals surface area contributed by atoms with E-state index in [4.69, 9.17) is 5.73 Å². The van der Waals surface area contributed by atoms with Gasteiger partial charge in [0.25, 0.3) is 0 Å². The van der Waals surface area contributed by atoms with Gasteiger partial charge in [0, 0.05) is 5.69 Å². The van der Waals surface area contributed by atoms with Crippen LogP contribution in [0.15, 0.2) is 30.3 Å². The van der Waals surface area contributed by atoms with Crippen LogP contribution >= 0.6 is 0 Å². The van der Waals surface area contributed by atoms with E-state index in [1.54, 1.807) is 10.6 Å². The van der Waals surface area contributed by atoms with Crippen LogP contribution in [0.1, 0.15) is 11.3 Å². The fourth-order valence-electron chi connectivity index (χ4n) is 2.13. The topological polar surface area (TPSA) is 56.7 Å². The molecule has 0 radical (unpaired) electrons. The first-order valence-corrected chi connectivity index (χ1v) is 5.94. The maximum atomic E-state index is 13.5. The van der Waals surface area contributed by atoms with E-state index in [0.717, 1.165) is 11.3 Å². The number of halogens is 1. The molecule has 0 bridgehead atoms. The number of nitrogens with two attached hydrogens (primary N) is 1. The Balaban J connectivity index is 2.38. The minimum atomic E-state index is -0.311. The molecule has 2 N–H and O–H groups in total. The molecule has 0 amide bonds. The molecular weight excluding hydrogens is 243 g/mol. The van der Waals surface area contributed by atoms with Crippen LogP contribution in [-0.2, 0) is 0 Å². The smallest absolute Gasteiger partial charge is 0.207 e. The second-order valence-corrected chi connectivity index (χ2v) is 4.53. The van der Waals surface area contributed by atoms with Crippen molar-refractivity contribution in [2.75, 3.05) is 5.73 Å². The van der Waals surface area contributed by atoms with E-state index in [1.807, 2.05) is 26.0 Å². The highest BCUT2D eigenvalue weighted by Gasteiger charge is 2.13. The summed E-state index contributed by atoms with van der Waals surface area (Å²) in [6, 6.07) is 8.31. The Kier molecular flexibility index (Phi) is 2.48. The Morgan fingerprint density at radius 2 is 1.89 bits per heavy atom. The van der Waals surface area contributed by atoms with Crippen molar-refractivity contribution in [3.8, 4) is 5.69 Å². The van der Waals surface area contributed by atoms with Gasteiger partial charge in [0.1, 0.15) is 11.3 Å². The summed E-state index contributed by atoms with van der Waals surface area (Å²) in [5, 5.41) is 0. The molecule has 19 heavy (non-hydrogen) atoms. The van der Waals surface area contributed by atoms with Crippen LogP contribution < -0.4 is 5.73 Å². The summed E-state index contributed by atoms with van der Waals surface area (Å²) in [4.78, 5) is 8.70. The highest BCUT2D eigenvalue weighted by Crippen LogP contribution is 2.24. The molecule has 0 fully saturated rings. The van der Waals surface area contributed by atoms with E-state index in [9.17, 15) is 4.39 Å². The standard InChI is InChI=1S/C14H13FN4/c1-8-3-5-10(15)7-12(8)19-13-11(18-14(19)16)6-4-9(2)17-13/h3-7H,1-2H3,(H2,16,18). The van der Waals surface area contributed by atoms with Crippen LogP contribution in [0.4, 0.5) is 10.3 Å². The SMILES string of the molecule is Cc1ccc2nc(N)n(-c3cc(F)ccc3C)c2n1. The summed E-state index contributed by atoms with van der Waals surface area (Å²) in [5.74, 6) is -0.00342. The molecule has 0 atom stereocenters. The predicted octanol–water partition coefficient (Wildman–Crippen LogP) is 2.76. The highest BCUT2D eigenvalue weighted by atomic mass is 19.1. The fourth-order valence-corrected chi connectivity index (χ4v) is 2.13. The molecule has 3 rings (SSSR count). The van der Waals surface area contributed by atoms with Gasteiger partial charge in [0.15, 0.2) is 5.65 Å². The zero-order chi connectivity index (χ0) is 13.6. The minimum Gasteiger partial charge on any atom is -0.369 e. The second-order valence-electron chi connectivity index (χ2n) is 4.53. The molecule has 4 nitrogen and oxygen atoms in total. The van der Waals surface area contributed by atoms with Crippen molar-refractivity contribution >= 4 is 17.1 Å². The molecule has 96 valence electrons. The normalized spacial score (nSPS) is 11.1. The number of aromatic nitrogens is 3. The van der Waals surface area contributed by atoms with Crippen molar-refractivity contribution in [1.82, 2.24) is 14.5 Å². The van der Waals surface area contributed by atoms with E-state index < -0.39 is 0 Å². The van der Waals surface area contributed by atoms with Gasteiger partial charge in [-0.1, -0.05) is 6.07 Å². The number of pyridine rings is 1. The number of anilines is 1. The van der Waals surface area contributed by atoms with Crippen molar-refractivity contribution in [2.24, 2.45) is 0 Å². The zero-order valence-electron chi connectivity index (χ0n) is 10.7. The third kappa shape index (κ3) is 1.83. The van der Waals surface area contributed by atoms with Gasteiger partial charge in [-0.15, -0.1) is 0 Å². The molecule has 2 aromatic heterocycles. The molecule has 0 saturated carbocycles. The minimum absolute atomic E-state index is 0.307. The van der Waals surface area contributed by atoms with Gasteiger partial charge in [-0.2, -0.15) is 0 Å². The van der Waals surface area contributed by atoms with Gasteiger partial charge in [0.05, 0.1) is 5.69 Å². The van der Waals surface area contributed by atoms with Crippen LogP contribution in [0.25, 0.3) is 16.9 Å². The lowest BCUT2D eigenvalue weighted by atomic mass is 10.2. The number of imidazole rings is 1. The number of benzene rings is 1. The summed E-state index contributed by atoms with van der Waals surface area (Å²) in [6.45, 7) is 3.79. The Morgan fingerprint density at radius 1 is 1.11 bits per heavy atom. The molecule has 3 aromatic rings. The molecule has 0 aliphatic rings. The lowest BCUT2D eigenvalue weighted by molar-refractivity contribution is 0.626. The van der Waals surface area contributed by atoms with Gasteiger partial charge in [-0.3, -0.25) is 4.57 Å². The summed E-state index contributed by atoms with van der Waals surface area (Å²) < 4.78 is 15.1. The fraction of sp³-hybridized carbons (Fsp3) is 0.143. The van der Waals surface area contributed by atoms with Crippen molar-refractivity contribution in [3.05, 3.63) is 47.4 Å². The van der Waals surface area contributed by atoms with Crippen LogP contribution in [-0.4, -0.2) is 14.5 Å². The predicted molar refractivity (Wildman–Crippen MR) is 72.7 cm³/mol. The summed E-state index contributed by atoms with van der Waals surface area (Å²) in [6.07, 6.45) is 0. The molecular formula is C14H13FN4. The van der Waals surface area contributed by atoms with Gasteiger partial charge >= 0.3 is 0 Å². The summed E-state index contributed by atoms with van der Waals surface area (Å²) >= 11 is 0. The maximum absolute atomic E-state index is 13.5. The molecule has 1 aromatic carbocycles. The molecule has 5 heteroatoms. The molecule has 0 unspecified atom stereocenters. The van der Waals surface area contributed by atoms with Gasteiger partial charge < -0.3 is 5.73 Å². The van der Waals surface area contributed by atoms with Crippen molar-refractivity contribution in [3.63, 3.8) is 0 Å². The molecule has 2 heterocycles. The Morgan fingerprint density at radius 3 is 2.68 bits per heavy atom. The largest absolute Gasteiger partial charge is 0.369 e. The van der Waals surface area contributed by atoms with Gasteiger partial charge in [-0.25, -0.2) is 14.4 Å². The highest BCUT2D eigenvalue weighted by molar-refractivity contribution is 5.77. The van der Waals surface area contributed by atoms with E-state index in [-0.39, 0.29) is 5.82 Å². The number of hydrogen-bond acceptors (Lipinski definition) is 3. The van der Waals surface area contributed by atoms with Crippen LogP contribution in [0.5, 0.6) is 0 Å². The molecule has 0 aliphatic heterocycles. The summed E-state index contributed by atoms with van der Waals surface area (Å²) in [5.41, 5.74) is 9.73. The second kappa shape index (κ2) is 4.05. The Hall–Kier alpha value is -2.43. The molecule has 0 aliphatic carbocycles. The van der Waals surface area contributed by atoms with Crippen LogP contribution in [0, 0.1) is 19.7 Å². The lowest BCUT2D eigenvalue weighted by Crippen LogP contribution is -2.04.